The Kier molecular flexibility index (Phi) is 7.00. The van der Waals surface area contributed by atoms with Crippen LogP contribution in [0.25, 0.3) is 0 Å². The van der Waals surface area contributed by atoms with E-state index in [1.807, 2.05) is 0 Å². The first-order valence-corrected chi connectivity index (χ1v) is 9.90. The van der Waals surface area contributed by atoms with E-state index in [0.29, 0.717) is 38.4 Å². The number of methoxy groups -OCH3 is 3. The summed E-state index contributed by atoms with van der Waals surface area (Å²) in [6, 6.07) is 8.05. The Labute approximate surface area is 163 Å². The number of sulfonamides is 1. The average molecular weight is 420 g/mol. The lowest BCUT2D eigenvalue weighted by molar-refractivity contribution is 0.323. The van der Waals surface area contributed by atoms with E-state index in [0.717, 1.165) is 0 Å². The van der Waals surface area contributed by atoms with Gasteiger partial charge in [-0.2, -0.15) is 0 Å². The quantitative estimate of drug-likeness (QED) is 0.706. The van der Waals surface area contributed by atoms with Gasteiger partial charge in [0.1, 0.15) is 0 Å². The number of nitrogens with one attached hydrogen (secondary N) is 1. The third-order valence-electron chi connectivity index (χ3n) is 3.58. The summed E-state index contributed by atoms with van der Waals surface area (Å²) >= 11 is 11.9. The van der Waals surface area contributed by atoms with Crippen molar-refractivity contribution in [1.29, 1.82) is 0 Å². The molecule has 9 heteroatoms. The summed E-state index contributed by atoms with van der Waals surface area (Å²) in [5.74, 6) is 1.08. The summed E-state index contributed by atoms with van der Waals surface area (Å²) < 4.78 is 43.0. The molecule has 0 saturated carbocycles. The van der Waals surface area contributed by atoms with E-state index in [-0.39, 0.29) is 12.3 Å². The van der Waals surface area contributed by atoms with Crippen LogP contribution in [0.2, 0.25) is 10.0 Å². The van der Waals surface area contributed by atoms with Gasteiger partial charge in [-0.05, 0) is 35.4 Å². The maximum Gasteiger partial charge on any atom is 0.216 e. The highest BCUT2D eigenvalue weighted by Gasteiger charge is 2.17. The Morgan fingerprint density at radius 1 is 0.962 bits per heavy atom. The summed E-state index contributed by atoms with van der Waals surface area (Å²) in [7, 11) is 0.873. The largest absolute Gasteiger partial charge is 0.493 e. The number of halogens is 2. The minimum absolute atomic E-state index is 0.0598. The maximum absolute atomic E-state index is 12.4. The normalized spacial score (nSPS) is 11.3. The highest BCUT2D eigenvalue weighted by molar-refractivity contribution is 7.88. The average Bonchev–Trinajstić information content (AvgIpc) is 2.61. The van der Waals surface area contributed by atoms with Crippen molar-refractivity contribution in [3.8, 4) is 17.2 Å². The molecule has 26 heavy (non-hydrogen) atoms. The summed E-state index contributed by atoms with van der Waals surface area (Å²) in [6.07, 6.45) is 0. The SMILES string of the molecule is COc1cc(CNS(=O)(=O)Cc2ccc(Cl)cc2Cl)cc(OC)c1OC. The van der Waals surface area contributed by atoms with E-state index in [4.69, 9.17) is 37.4 Å². The Bertz CT molecular complexity index is 862. The van der Waals surface area contributed by atoms with Gasteiger partial charge in [-0.15, -0.1) is 0 Å². The first kappa shape index (κ1) is 20.6. The fourth-order valence-electron chi connectivity index (χ4n) is 2.33. The van der Waals surface area contributed by atoms with Crippen LogP contribution in [0.1, 0.15) is 11.1 Å². The van der Waals surface area contributed by atoms with E-state index in [1.165, 1.54) is 27.4 Å². The summed E-state index contributed by atoms with van der Waals surface area (Å²) in [4.78, 5) is 0. The number of hydrogen-bond acceptors (Lipinski definition) is 5. The lowest BCUT2D eigenvalue weighted by atomic mass is 10.2. The van der Waals surface area contributed by atoms with Crippen LogP contribution < -0.4 is 18.9 Å². The first-order valence-electron chi connectivity index (χ1n) is 7.49. The third-order valence-corrected chi connectivity index (χ3v) is 5.44. The van der Waals surface area contributed by atoms with Crippen molar-refractivity contribution < 1.29 is 22.6 Å². The first-order chi connectivity index (χ1) is 12.3. The molecule has 0 aliphatic carbocycles. The van der Waals surface area contributed by atoms with Crippen molar-refractivity contribution >= 4 is 33.2 Å². The highest BCUT2D eigenvalue weighted by atomic mass is 35.5. The predicted octanol–water partition coefficient (Wildman–Crippen LogP) is 3.64. The Morgan fingerprint density at radius 3 is 2.08 bits per heavy atom. The molecule has 0 unspecified atom stereocenters. The zero-order valence-electron chi connectivity index (χ0n) is 14.5. The number of ether oxygens (including phenoxy) is 3. The van der Waals surface area contributed by atoms with Crippen LogP contribution in [-0.2, 0) is 22.3 Å². The molecule has 0 radical (unpaired) electrons. The topological polar surface area (TPSA) is 73.9 Å². The molecule has 1 N–H and O–H groups in total. The number of hydrogen-bond donors (Lipinski definition) is 1. The van der Waals surface area contributed by atoms with Crippen LogP contribution in [0.15, 0.2) is 30.3 Å². The van der Waals surface area contributed by atoms with Crippen LogP contribution in [0.3, 0.4) is 0 Å². The van der Waals surface area contributed by atoms with Gasteiger partial charge in [0.05, 0.1) is 27.1 Å². The second-order valence-corrected chi connectivity index (χ2v) is 8.00. The second-order valence-electron chi connectivity index (χ2n) is 5.35. The van der Waals surface area contributed by atoms with Gasteiger partial charge in [0.2, 0.25) is 15.8 Å². The van der Waals surface area contributed by atoms with Gasteiger partial charge < -0.3 is 14.2 Å². The van der Waals surface area contributed by atoms with E-state index >= 15 is 0 Å². The molecule has 0 aliphatic heterocycles. The number of benzene rings is 2. The standard InChI is InChI=1S/C17H19Cl2NO5S/c1-23-15-6-11(7-16(24-2)17(15)25-3)9-20-26(21,22)10-12-4-5-13(18)8-14(12)19/h4-8,20H,9-10H2,1-3H3. The highest BCUT2D eigenvalue weighted by Crippen LogP contribution is 2.38. The molecule has 0 saturated heterocycles. The van der Waals surface area contributed by atoms with Crippen molar-refractivity contribution in [1.82, 2.24) is 4.72 Å². The third kappa shape index (κ3) is 5.17. The molecule has 0 spiro atoms. The predicted molar refractivity (Wildman–Crippen MR) is 102 cm³/mol. The van der Waals surface area contributed by atoms with Gasteiger partial charge in [-0.1, -0.05) is 29.3 Å². The maximum atomic E-state index is 12.4. The Balaban J connectivity index is 2.16. The molecule has 0 heterocycles. The summed E-state index contributed by atoms with van der Waals surface area (Å²) in [5.41, 5.74) is 1.12. The Hall–Kier alpha value is -1.67. The van der Waals surface area contributed by atoms with Gasteiger partial charge >= 0.3 is 0 Å². The molecule has 0 amide bonds. The van der Waals surface area contributed by atoms with Gasteiger partial charge in [0.25, 0.3) is 0 Å². The molecule has 2 rings (SSSR count). The lowest BCUT2D eigenvalue weighted by Gasteiger charge is -2.14. The monoisotopic (exact) mass is 419 g/mol. The Morgan fingerprint density at radius 2 is 1.58 bits per heavy atom. The molecule has 142 valence electrons. The molecule has 0 fully saturated rings. The van der Waals surface area contributed by atoms with Gasteiger partial charge in [-0.25, -0.2) is 13.1 Å². The van der Waals surface area contributed by atoms with Gasteiger partial charge in [-0.3, -0.25) is 0 Å². The minimum Gasteiger partial charge on any atom is -0.493 e. The second kappa shape index (κ2) is 8.81. The molecule has 2 aromatic carbocycles. The molecule has 0 bridgehead atoms. The van der Waals surface area contributed by atoms with E-state index in [2.05, 4.69) is 4.72 Å². The minimum atomic E-state index is -3.61. The fourth-order valence-corrected chi connectivity index (χ4v) is 4.03. The smallest absolute Gasteiger partial charge is 0.216 e. The summed E-state index contributed by atoms with van der Waals surface area (Å²) in [5, 5.41) is 0.747. The van der Waals surface area contributed by atoms with E-state index in [1.54, 1.807) is 24.3 Å². The van der Waals surface area contributed by atoms with Crippen molar-refractivity contribution in [3.05, 3.63) is 51.5 Å². The molecular weight excluding hydrogens is 401 g/mol. The molecule has 0 aromatic heterocycles. The van der Waals surface area contributed by atoms with Crippen LogP contribution in [-0.4, -0.2) is 29.7 Å². The van der Waals surface area contributed by atoms with Gasteiger partial charge in [0.15, 0.2) is 11.5 Å². The van der Waals surface area contributed by atoms with E-state index in [9.17, 15) is 8.42 Å². The molecule has 0 atom stereocenters. The number of rotatable bonds is 8. The van der Waals surface area contributed by atoms with Crippen molar-refractivity contribution in [2.45, 2.75) is 12.3 Å². The van der Waals surface area contributed by atoms with Crippen molar-refractivity contribution in [3.63, 3.8) is 0 Å². The van der Waals surface area contributed by atoms with Crippen LogP contribution in [0.4, 0.5) is 0 Å². The van der Waals surface area contributed by atoms with Gasteiger partial charge in [0, 0.05) is 16.6 Å². The zero-order valence-corrected chi connectivity index (χ0v) is 16.8. The molecule has 0 aliphatic rings. The van der Waals surface area contributed by atoms with Crippen LogP contribution in [0.5, 0.6) is 17.2 Å². The molecule has 2 aromatic rings. The van der Waals surface area contributed by atoms with Crippen molar-refractivity contribution in [2.75, 3.05) is 21.3 Å². The van der Waals surface area contributed by atoms with Crippen molar-refractivity contribution in [2.24, 2.45) is 0 Å². The lowest BCUT2D eigenvalue weighted by Crippen LogP contribution is -2.24. The molecule has 6 nitrogen and oxygen atoms in total. The van der Waals surface area contributed by atoms with E-state index < -0.39 is 10.0 Å². The molecular formula is C17H19Cl2NO5S. The fraction of sp³-hybridized carbons (Fsp3) is 0.294. The zero-order chi connectivity index (χ0) is 19.3. The summed E-state index contributed by atoms with van der Waals surface area (Å²) in [6.45, 7) is 0.0598. The van der Waals surface area contributed by atoms with Crippen LogP contribution >= 0.6 is 23.2 Å². The van der Waals surface area contributed by atoms with Crippen LogP contribution in [0, 0.1) is 0 Å².